The van der Waals surface area contributed by atoms with Crippen molar-refractivity contribution in [3.63, 3.8) is 0 Å². The molecule has 2 aromatic rings. The summed E-state index contributed by atoms with van der Waals surface area (Å²) in [5.41, 5.74) is 2.87. The molecule has 0 radical (unpaired) electrons. The zero-order chi connectivity index (χ0) is 10.1. The molecule has 0 spiro atoms. The van der Waals surface area contributed by atoms with Gasteiger partial charge in [-0.2, -0.15) is 0 Å². The topological polar surface area (TPSA) is 26.0 Å². The third-order valence-corrected chi connectivity index (χ3v) is 2.54. The van der Waals surface area contributed by atoms with Crippen molar-refractivity contribution in [2.75, 3.05) is 0 Å². The van der Waals surface area contributed by atoms with Crippen molar-refractivity contribution < 1.29 is 4.42 Å². The minimum atomic E-state index is 0.729. The third kappa shape index (κ3) is 1.48. The Morgan fingerprint density at radius 1 is 1.13 bits per heavy atom. The van der Waals surface area contributed by atoms with E-state index in [1.165, 1.54) is 0 Å². The standard InChI is InChI=1S/C13H11NO/c1-2-6-10(7-3-1)13-14-11-8-4-5-9-12(11)15-13/h2,4-9H,1,3H2. The highest BCUT2D eigenvalue weighted by Crippen LogP contribution is 2.24. The van der Waals surface area contributed by atoms with Crippen molar-refractivity contribution in [2.24, 2.45) is 0 Å². The fraction of sp³-hybridized carbons (Fsp3) is 0.154. The number of fused-ring (bicyclic) bond motifs is 1. The van der Waals surface area contributed by atoms with E-state index in [1.807, 2.05) is 24.3 Å². The average molecular weight is 197 g/mol. The molecule has 2 nitrogen and oxygen atoms in total. The molecular formula is C13H11NO. The Kier molecular flexibility index (Phi) is 1.91. The number of oxazole rings is 1. The summed E-state index contributed by atoms with van der Waals surface area (Å²) >= 11 is 0. The first-order valence-electron chi connectivity index (χ1n) is 5.16. The Hall–Kier alpha value is -1.83. The van der Waals surface area contributed by atoms with E-state index in [0.717, 1.165) is 35.4 Å². The number of hydrogen-bond acceptors (Lipinski definition) is 2. The van der Waals surface area contributed by atoms with Crippen LogP contribution in [-0.4, -0.2) is 4.98 Å². The van der Waals surface area contributed by atoms with Crippen molar-refractivity contribution in [1.29, 1.82) is 0 Å². The fourth-order valence-electron chi connectivity index (χ4n) is 1.77. The Morgan fingerprint density at radius 2 is 2.07 bits per heavy atom. The molecule has 1 heterocycles. The second-order valence-electron chi connectivity index (χ2n) is 3.63. The molecule has 1 aromatic carbocycles. The normalized spacial score (nSPS) is 15.6. The Labute approximate surface area is 87.9 Å². The Bertz CT molecular complexity index is 515. The van der Waals surface area contributed by atoms with E-state index in [1.54, 1.807) is 0 Å². The molecule has 74 valence electrons. The van der Waals surface area contributed by atoms with Gasteiger partial charge in [-0.25, -0.2) is 4.98 Å². The van der Waals surface area contributed by atoms with Crippen LogP contribution >= 0.6 is 0 Å². The molecule has 1 aliphatic rings. The summed E-state index contributed by atoms with van der Waals surface area (Å²) < 4.78 is 5.68. The van der Waals surface area contributed by atoms with Gasteiger partial charge in [-0.15, -0.1) is 0 Å². The average Bonchev–Trinajstić information content (AvgIpc) is 2.74. The second kappa shape index (κ2) is 3.39. The zero-order valence-electron chi connectivity index (χ0n) is 8.31. The van der Waals surface area contributed by atoms with Gasteiger partial charge in [-0.3, -0.25) is 0 Å². The molecular weight excluding hydrogens is 186 g/mol. The van der Waals surface area contributed by atoms with Gasteiger partial charge in [0.2, 0.25) is 5.89 Å². The van der Waals surface area contributed by atoms with E-state index < -0.39 is 0 Å². The van der Waals surface area contributed by atoms with E-state index in [9.17, 15) is 0 Å². The lowest BCUT2D eigenvalue weighted by molar-refractivity contribution is 0.585. The van der Waals surface area contributed by atoms with E-state index in [2.05, 4.69) is 23.2 Å². The van der Waals surface area contributed by atoms with Gasteiger partial charge in [-0.1, -0.05) is 30.4 Å². The monoisotopic (exact) mass is 197 g/mol. The lowest BCUT2D eigenvalue weighted by Gasteiger charge is -2.00. The summed E-state index contributed by atoms with van der Waals surface area (Å²) in [5, 5.41) is 0. The van der Waals surface area contributed by atoms with Gasteiger partial charge >= 0.3 is 0 Å². The van der Waals surface area contributed by atoms with Crippen LogP contribution < -0.4 is 0 Å². The highest BCUT2D eigenvalue weighted by molar-refractivity contribution is 5.78. The Balaban J connectivity index is 2.11. The lowest BCUT2D eigenvalue weighted by atomic mass is 10.1. The van der Waals surface area contributed by atoms with Crippen LogP contribution in [0, 0.1) is 0 Å². The van der Waals surface area contributed by atoms with Gasteiger partial charge in [0, 0.05) is 5.57 Å². The number of aromatic nitrogens is 1. The molecule has 0 unspecified atom stereocenters. The predicted octanol–water partition coefficient (Wildman–Crippen LogP) is 3.56. The summed E-state index contributed by atoms with van der Waals surface area (Å²) in [4.78, 5) is 4.45. The van der Waals surface area contributed by atoms with Gasteiger partial charge in [-0.05, 0) is 25.0 Å². The smallest absolute Gasteiger partial charge is 0.226 e. The van der Waals surface area contributed by atoms with Gasteiger partial charge in [0.05, 0.1) is 0 Å². The van der Waals surface area contributed by atoms with Crippen LogP contribution in [0.15, 0.2) is 46.9 Å². The summed E-state index contributed by atoms with van der Waals surface area (Å²) in [6.07, 6.45) is 8.59. The fourth-order valence-corrected chi connectivity index (χ4v) is 1.77. The number of allylic oxidation sites excluding steroid dienone is 4. The van der Waals surface area contributed by atoms with Crippen molar-refractivity contribution in [3.8, 4) is 0 Å². The van der Waals surface area contributed by atoms with Crippen LogP contribution in [0.2, 0.25) is 0 Å². The molecule has 0 saturated carbocycles. The van der Waals surface area contributed by atoms with Crippen LogP contribution in [0.1, 0.15) is 18.7 Å². The zero-order valence-corrected chi connectivity index (χ0v) is 8.31. The summed E-state index contributed by atoms with van der Waals surface area (Å²) in [6.45, 7) is 0. The second-order valence-corrected chi connectivity index (χ2v) is 3.63. The molecule has 15 heavy (non-hydrogen) atoms. The van der Waals surface area contributed by atoms with Crippen LogP contribution in [-0.2, 0) is 0 Å². The largest absolute Gasteiger partial charge is 0.436 e. The van der Waals surface area contributed by atoms with Crippen LogP contribution in [0.5, 0.6) is 0 Å². The number of benzene rings is 1. The minimum absolute atomic E-state index is 0.729. The Morgan fingerprint density at radius 3 is 2.87 bits per heavy atom. The van der Waals surface area contributed by atoms with Gasteiger partial charge in [0.15, 0.2) is 5.58 Å². The predicted molar refractivity (Wildman–Crippen MR) is 60.4 cm³/mol. The molecule has 0 amide bonds. The maximum Gasteiger partial charge on any atom is 0.226 e. The van der Waals surface area contributed by atoms with E-state index in [-0.39, 0.29) is 0 Å². The molecule has 1 aliphatic carbocycles. The molecule has 2 heteroatoms. The molecule has 0 bridgehead atoms. The quantitative estimate of drug-likeness (QED) is 0.698. The van der Waals surface area contributed by atoms with Gasteiger partial charge in [0.1, 0.15) is 5.52 Å². The first-order chi connectivity index (χ1) is 7.43. The molecule has 0 fully saturated rings. The molecule has 0 N–H and O–H groups in total. The number of hydrogen-bond donors (Lipinski definition) is 0. The highest BCUT2D eigenvalue weighted by Gasteiger charge is 2.08. The van der Waals surface area contributed by atoms with E-state index in [0.29, 0.717) is 0 Å². The van der Waals surface area contributed by atoms with Crippen molar-refractivity contribution >= 4 is 16.7 Å². The first-order valence-corrected chi connectivity index (χ1v) is 5.16. The van der Waals surface area contributed by atoms with Gasteiger partial charge < -0.3 is 4.42 Å². The van der Waals surface area contributed by atoms with Crippen molar-refractivity contribution in [3.05, 3.63) is 48.4 Å². The summed E-state index contributed by atoms with van der Waals surface area (Å²) in [7, 11) is 0. The molecule has 0 saturated heterocycles. The number of para-hydroxylation sites is 2. The number of rotatable bonds is 1. The molecule has 0 atom stereocenters. The van der Waals surface area contributed by atoms with Gasteiger partial charge in [0.25, 0.3) is 0 Å². The first kappa shape index (κ1) is 8.48. The third-order valence-electron chi connectivity index (χ3n) is 2.54. The van der Waals surface area contributed by atoms with Crippen molar-refractivity contribution in [1.82, 2.24) is 4.98 Å². The summed E-state index contributed by atoms with van der Waals surface area (Å²) in [5.74, 6) is 0.729. The minimum Gasteiger partial charge on any atom is -0.436 e. The van der Waals surface area contributed by atoms with Crippen LogP contribution in [0.3, 0.4) is 0 Å². The van der Waals surface area contributed by atoms with E-state index in [4.69, 9.17) is 4.42 Å². The summed E-state index contributed by atoms with van der Waals surface area (Å²) in [6, 6.07) is 7.84. The molecule has 0 aliphatic heterocycles. The maximum absolute atomic E-state index is 5.68. The lowest BCUT2D eigenvalue weighted by Crippen LogP contribution is -1.84. The molecule has 1 aromatic heterocycles. The van der Waals surface area contributed by atoms with Crippen molar-refractivity contribution in [2.45, 2.75) is 12.8 Å². The molecule has 3 rings (SSSR count). The number of nitrogens with zero attached hydrogens (tertiary/aromatic N) is 1. The maximum atomic E-state index is 5.68. The van der Waals surface area contributed by atoms with Crippen LogP contribution in [0.4, 0.5) is 0 Å². The SMILES string of the molecule is C1=CC(c2nc3ccccc3o2)=CCC1. The highest BCUT2D eigenvalue weighted by atomic mass is 16.3. The van der Waals surface area contributed by atoms with E-state index >= 15 is 0 Å². The van der Waals surface area contributed by atoms with Crippen LogP contribution in [0.25, 0.3) is 16.7 Å².